The molecule has 2 aromatic carbocycles. The van der Waals surface area contributed by atoms with Crippen LogP contribution in [0, 0.1) is 24.0 Å². The number of hydrogen-bond acceptors (Lipinski definition) is 4. The summed E-state index contributed by atoms with van der Waals surface area (Å²) in [6, 6.07) is 9.94. The van der Waals surface area contributed by atoms with E-state index in [1.54, 1.807) is 32.0 Å². The topological polar surface area (TPSA) is 80.4 Å². The van der Waals surface area contributed by atoms with E-state index in [-0.39, 0.29) is 11.3 Å². The first-order valence-electron chi connectivity index (χ1n) is 6.14. The van der Waals surface area contributed by atoms with Gasteiger partial charge in [-0.25, -0.2) is 4.79 Å². The number of hydrogen-bond donors (Lipinski definition) is 1. The van der Waals surface area contributed by atoms with Crippen LogP contribution in [0.4, 0.5) is 5.69 Å². The highest BCUT2D eigenvalue weighted by Gasteiger charge is 2.11. The predicted molar refractivity (Wildman–Crippen MR) is 80.1 cm³/mol. The second-order valence-electron chi connectivity index (χ2n) is 4.65. The third-order valence-electron chi connectivity index (χ3n) is 2.92. The van der Waals surface area contributed by atoms with Crippen LogP contribution in [0.3, 0.4) is 0 Å². The van der Waals surface area contributed by atoms with Crippen LogP contribution in [0.1, 0.15) is 21.5 Å². The van der Waals surface area contributed by atoms with Gasteiger partial charge in [-0.2, -0.15) is 0 Å². The zero-order valence-corrected chi connectivity index (χ0v) is 12.3. The van der Waals surface area contributed by atoms with Crippen molar-refractivity contribution in [2.24, 2.45) is 0 Å². The van der Waals surface area contributed by atoms with E-state index in [9.17, 15) is 14.9 Å². The fourth-order valence-corrected chi connectivity index (χ4v) is 2.93. The highest BCUT2D eigenvalue weighted by atomic mass is 32.2. The Hall–Kier alpha value is -2.34. The summed E-state index contributed by atoms with van der Waals surface area (Å²) in [5.41, 5.74) is 1.74. The van der Waals surface area contributed by atoms with Crippen LogP contribution in [-0.4, -0.2) is 16.0 Å². The molecule has 0 bridgehead atoms. The minimum atomic E-state index is -0.981. The van der Waals surface area contributed by atoms with E-state index in [1.165, 1.54) is 23.9 Å². The molecule has 0 saturated carbocycles. The molecule has 0 unspecified atom stereocenters. The van der Waals surface area contributed by atoms with Crippen molar-refractivity contribution in [2.45, 2.75) is 23.6 Å². The second-order valence-corrected chi connectivity index (χ2v) is 5.79. The van der Waals surface area contributed by atoms with Crippen molar-refractivity contribution in [3.8, 4) is 0 Å². The summed E-state index contributed by atoms with van der Waals surface area (Å²) in [6.07, 6.45) is 0. The summed E-state index contributed by atoms with van der Waals surface area (Å²) in [6.45, 7) is 3.52. The molecule has 1 N–H and O–H groups in total. The SMILES string of the molecule is Cc1cc(Sc2ccc(C)c(C(=O)O)c2)cc([N+](=O)[O-])c1. The Morgan fingerprint density at radius 1 is 1.14 bits per heavy atom. The van der Waals surface area contributed by atoms with Crippen molar-refractivity contribution in [3.05, 3.63) is 63.2 Å². The average molecular weight is 303 g/mol. The lowest BCUT2D eigenvalue weighted by atomic mass is 10.1. The van der Waals surface area contributed by atoms with Crippen LogP contribution in [-0.2, 0) is 0 Å². The predicted octanol–water partition coefficient (Wildman–Crippen LogP) is 4.06. The smallest absolute Gasteiger partial charge is 0.335 e. The van der Waals surface area contributed by atoms with Crippen molar-refractivity contribution < 1.29 is 14.8 Å². The number of nitro benzene ring substituents is 1. The van der Waals surface area contributed by atoms with E-state index < -0.39 is 10.9 Å². The number of nitrogens with zero attached hydrogens (tertiary/aromatic N) is 1. The molecule has 0 saturated heterocycles. The zero-order chi connectivity index (χ0) is 15.6. The molecule has 0 radical (unpaired) electrons. The lowest BCUT2D eigenvalue weighted by molar-refractivity contribution is -0.385. The molecular formula is C15H13NO4S. The minimum absolute atomic E-state index is 0.0306. The van der Waals surface area contributed by atoms with Gasteiger partial charge in [0.1, 0.15) is 0 Å². The quantitative estimate of drug-likeness (QED) is 0.680. The van der Waals surface area contributed by atoms with Gasteiger partial charge in [0.2, 0.25) is 0 Å². The number of rotatable bonds is 4. The van der Waals surface area contributed by atoms with E-state index in [2.05, 4.69) is 0 Å². The third-order valence-corrected chi connectivity index (χ3v) is 3.88. The molecule has 2 rings (SSSR count). The zero-order valence-electron chi connectivity index (χ0n) is 11.5. The molecule has 0 heterocycles. The molecule has 2 aromatic rings. The van der Waals surface area contributed by atoms with Crippen LogP contribution < -0.4 is 0 Å². The highest BCUT2D eigenvalue weighted by molar-refractivity contribution is 7.99. The maximum Gasteiger partial charge on any atom is 0.335 e. The largest absolute Gasteiger partial charge is 0.478 e. The third kappa shape index (κ3) is 3.61. The van der Waals surface area contributed by atoms with Gasteiger partial charge in [-0.05, 0) is 43.2 Å². The molecule has 0 spiro atoms. The first-order chi connectivity index (χ1) is 9.86. The number of non-ortho nitro benzene ring substituents is 1. The number of carboxylic acid groups (broad SMARTS) is 1. The van der Waals surface area contributed by atoms with Crippen molar-refractivity contribution in [3.63, 3.8) is 0 Å². The van der Waals surface area contributed by atoms with Crippen molar-refractivity contribution >= 4 is 23.4 Å². The summed E-state index contributed by atoms with van der Waals surface area (Å²) in [5, 5.41) is 20.0. The van der Waals surface area contributed by atoms with Gasteiger partial charge in [-0.1, -0.05) is 17.8 Å². The summed E-state index contributed by atoms with van der Waals surface area (Å²) in [5.74, 6) is -0.981. The molecule has 5 nitrogen and oxygen atoms in total. The van der Waals surface area contributed by atoms with Gasteiger partial charge in [0.05, 0.1) is 10.5 Å². The van der Waals surface area contributed by atoms with E-state index in [4.69, 9.17) is 5.11 Å². The Kier molecular flexibility index (Phi) is 4.28. The lowest BCUT2D eigenvalue weighted by Gasteiger charge is -2.06. The number of aromatic carboxylic acids is 1. The normalized spacial score (nSPS) is 10.4. The Morgan fingerprint density at radius 2 is 1.86 bits per heavy atom. The number of carbonyl (C=O) groups is 1. The minimum Gasteiger partial charge on any atom is -0.478 e. The average Bonchev–Trinajstić information content (AvgIpc) is 2.40. The van der Waals surface area contributed by atoms with Crippen LogP contribution in [0.25, 0.3) is 0 Å². The number of aryl methyl sites for hydroxylation is 2. The van der Waals surface area contributed by atoms with Crippen molar-refractivity contribution in [1.82, 2.24) is 0 Å². The Bertz CT molecular complexity index is 728. The Morgan fingerprint density at radius 3 is 2.48 bits per heavy atom. The summed E-state index contributed by atoms with van der Waals surface area (Å²) in [4.78, 5) is 23.0. The molecule has 21 heavy (non-hydrogen) atoms. The van der Waals surface area contributed by atoms with Crippen LogP contribution in [0.5, 0.6) is 0 Å². The van der Waals surface area contributed by atoms with Gasteiger partial charge < -0.3 is 5.11 Å². The summed E-state index contributed by atoms with van der Waals surface area (Å²) < 4.78 is 0. The second kappa shape index (κ2) is 5.97. The van der Waals surface area contributed by atoms with E-state index in [1.807, 2.05) is 6.07 Å². The van der Waals surface area contributed by atoms with E-state index >= 15 is 0 Å². The molecule has 108 valence electrons. The van der Waals surface area contributed by atoms with E-state index in [0.717, 1.165) is 10.5 Å². The Labute approximate surface area is 125 Å². The highest BCUT2D eigenvalue weighted by Crippen LogP contribution is 2.32. The molecule has 0 aliphatic rings. The van der Waals surface area contributed by atoms with Gasteiger partial charge in [-0.15, -0.1) is 0 Å². The molecule has 0 aromatic heterocycles. The Balaban J connectivity index is 2.36. The molecular weight excluding hydrogens is 290 g/mol. The van der Waals surface area contributed by atoms with Gasteiger partial charge in [0.15, 0.2) is 0 Å². The molecule has 6 heteroatoms. The standard InChI is InChI=1S/C15H13NO4S/c1-9-5-11(16(19)20)7-13(6-9)21-12-4-3-10(2)14(8-12)15(17)18/h3-8H,1-2H3,(H,17,18). The van der Waals surface area contributed by atoms with Gasteiger partial charge in [-0.3, -0.25) is 10.1 Å². The number of benzene rings is 2. The van der Waals surface area contributed by atoms with Crippen LogP contribution in [0.2, 0.25) is 0 Å². The maximum atomic E-state index is 11.1. The number of nitro groups is 1. The van der Waals surface area contributed by atoms with Gasteiger partial charge >= 0.3 is 5.97 Å². The molecule has 0 aliphatic heterocycles. The summed E-state index contributed by atoms with van der Waals surface area (Å²) >= 11 is 1.31. The fraction of sp³-hybridized carbons (Fsp3) is 0.133. The van der Waals surface area contributed by atoms with E-state index in [0.29, 0.717) is 10.5 Å². The molecule has 0 atom stereocenters. The monoisotopic (exact) mass is 303 g/mol. The van der Waals surface area contributed by atoms with Crippen molar-refractivity contribution in [1.29, 1.82) is 0 Å². The number of carboxylic acids is 1. The molecule has 0 amide bonds. The molecule has 0 fully saturated rings. The fourth-order valence-electron chi connectivity index (χ4n) is 1.92. The van der Waals surface area contributed by atoms with Crippen LogP contribution >= 0.6 is 11.8 Å². The van der Waals surface area contributed by atoms with Gasteiger partial charge in [0, 0.05) is 21.9 Å². The molecule has 0 aliphatic carbocycles. The first kappa shape index (κ1) is 15.1. The maximum absolute atomic E-state index is 11.1. The summed E-state index contributed by atoms with van der Waals surface area (Å²) in [7, 11) is 0. The van der Waals surface area contributed by atoms with Crippen LogP contribution in [0.15, 0.2) is 46.2 Å². The first-order valence-corrected chi connectivity index (χ1v) is 6.96. The van der Waals surface area contributed by atoms with Gasteiger partial charge in [0.25, 0.3) is 5.69 Å². The van der Waals surface area contributed by atoms with Crippen molar-refractivity contribution in [2.75, 3.05) is 0 Å². The lowest BCUT2D eigenvalue weighted by Crippen LogP contribution is -1.99.